The first-order chi connectivity index (χ1) is 14.7. The first kappa shape index (κ1) is 22.4. The Morgan fingerprint density at radius 3 is 2.29 bits per heavy atom. The van der Waals surface area contributed by atoms with Crippen LogP contribution in [0.25, 0.3) is 5.69 Å². The Morgan fingerprint density at radius 1 is 1.00 bits per heavy atom. The van der Waals surface area contributed by atoms with Crippen LogP contribution in [0, 0.1) is 0 Å². The maximum atomic E-state index is 12.6. The van der Waals surface area contributed by atoms with Gasteiger partial charge in [0.15, 0.2) is 5.69 Å². The molecule has 0 aliphatic rings. The van der Waals surface area contributed by atoms with Gasteiger partial charge in [-0.1, -0.05) is 11.6 Å². The fraction of sp³-hybridized carbons (Fsp3) is 0.190. The fourth-order valence-electron chi connectivity index (χ4n) is 2.69. The minimum Gasteiger partial charge on any atom is -0.352 e. The second-order valence-corrected chi connectivity index (χ2v) is 7.04. The summed E-state index contributed by atoms with van der Waals surface area (Å²) in [5.74, 6) is -0.528. The number of amides is 2. The molecule has 2 N–H and O–H groups in total. The van der Waals surface area contributed by atoms with E-state index in [1.165, 1.54) is 30.5 Å². The lowest BCUT2D eigenvalue weighted by Gasteiger charge is -2.08. The third kappa shape index (κ3) is 6.32. The molecule has 0 atom stereocenters. The lowest BCUT2D eigenvalue weighted by Crippen LogP contribution is -2.25. The van der Waals surface area contributed by atoms with Crippen molar-refractivity contribution >= 4 is 29.1 Å². The highest BCUT2D eigenvalue weighted by atomic mass is 35.5. The largest absolute Gasteiger partial charge is 0.435 e. The van der Waals surface area contributed by atoms with E-state index in [0.29, 0.717) is 34.9 Å². The quantitative estimate of drug-likeness (QED) is 0.512. The molecule has 0 spiro atoms. The maximum Gasteiger partial charge on any atom is 0.435 e. The molecule has 3 rings (SSSR count). The molecule has 162 valence electrons. The summed E-state index contributed by atoms with van der Waals surface area (Å²) in [4.78, 5) is 24.1. The molecular weight excluding hydrogens is 433 g/mol. The molecule has 0 saturated heterocycles. The van der Waals surface area contributed by atoms with Crippen LogP contribution in [0.3, 0.4) is 0 Å². The summed E-state index contributed by atoms with van der Waals surface area (Å²) >= 11 is 5.79. The van der Waals surface area contributed by atoms with Gasteiger partial charge in [-0.2, -0.15) is 18.3 Å². The SMILES string of the molecule is O=C(CCCNC(=O)c1ccc(-n2ccc(C(F)(F)F)n2)cc1)Nc1ccc(Cl)cc1. The van der Waals surface area contributed by atoms with Crippen molar-refractivity contribution < 1.29 is 22.8 Å². The molecule has 31 heavy (non-hydrogen) atoms. The van der Waals surface area contributed by atoms with Crippen molar-refractivity contribution in [3.63, 3.8) is 0 Å². The number of nitrogens with one attached hydrogen (secondary N) is 2. The van der Waals surface area contributed by atoms with Crippen LogP contribution >= 0.6 is 11.6 Å². The lowest BCUT2D eigenvalue weighted by atomic mass is 10.2. The number of halogens is 4. The minimum atomic E-state index is -4.52. The smallest absolute Gasteiger partial charge is 0.352 e. The van der Waals surface area contributed by atoms with Crippen molar-refractivity contribution in [1.29, 1.82) is 0 Å². The van der Waals surface area contributed by atoms with Gasteiger partial charge in [0, 0.05) is 35.4 Å². The maximum absolute atomic E-state index is 12.6. The van der Waals surface area contributed by atoms with Crippen LogP contribution in [0.15, 0.2) is 60.8 Å². The molecule has 2 amide bonds. The van der Waals surface area contributed by atoms with E-state index in [2.05, 4.69) is 15.7 Å². The first-order valence-electron chi connectivity index (χ1n) is 9.29. The number of hydrogen-bond donors (Lipinski definition) is 2. The summed E-state index contributed by atoms with van der Waals surface area (Å²) in [6.45, 7) is 0.294. The van der Waals surface area contributed by atoms with Gasteiger partial charge in [-0.05, 0) is 61.0 Å². The van der Waals surface area contributed by atoms with E-state index in [0.717, 1.165) is 10.7 Å². The minimum absolute atomic E-state index is 0.182. The zero-order valence-corrected chi connectivity index (χ0v) is 16.9. The second-order valence-electron chi connectivity index (χ2n) is 6.60. The van der Waals surface area contributed by atoms with E-state index in [9.17, 15) is 22.8 Å². The molecule has 6 nitrogen and oxygen atoms in total. The first-order valence-corrected chi connectivity index (χ1v) is 9.67. The third-order valence-corrected chi connectivity index (χ3v) is 4.52. The van der Waals surface area contributed by atoms with Crippen LogP contribution in [-0.4, -0.2) is 28.1 Å². The van der Waals surface area contributed by atoms with Gasteiger partial charge in [0.2, 0.25) is 5.91 Å². The predicted octanol–water partition coefficient (Wildman–Crippen LogP) is 4.69. The second kappa shape index (κ2) is 9.65. The highest BCUT2D eigenvalue weighted by Gasteiger charge is 2.33. The Kier molecular flexibility index (Phi) is 6.96. The van der Waals surface area contributed by atoms with Crippen LogP contribution in [0.2, 0.25) is 5.02 Å². The van der Waals surface area contributed by atoms with Gasteiger partial charge >= 0.3 is 6.18 Å². The van der Waals surface area contributed by atoms with Crippen molar-refractivity contribution in [3.8, 4) is 5.69 Å². The molecular formula is C21H18ClF3N4O2. The van der Waals surface area contributed by atoms with Crippen LogP contribution in [0.1, 0.15) is 28.9 Å². The van der Waals surface area contributed by atoms with Crippen LogP contribution in [0.4, 0.5) is 18.9 Å². The van der Waals surface area contributed by atoms with Crippen molar-refractivity contribution in [1.82, 2.24) is 15.1 Å². The van der Waals surface area contributed by atoms with Gasteiger partial charge in [-0.25, -0.2) is 4.68 Å². The average molecular weight is 451 g/mol. The number of benzene rings is 2. The molecule has 10 heteroatoms. The zero-order valence-electron chi connectivity index (χ0n) is 16.1. The van der Waals surface area contributed by atoms with E-state index in [-0.39, 0.29) is 18.2 Å². The Bertz CT molecular complexity index is 1050. The average Bonchev–Trinajstić information content (AvgIpc) is 3.24. The summed E-state index contributed by atoms with van der Waals surface area (Å²) in [7, 11) is 0. The summed E-state index contributed by atoms with van der Waals surface area (Å²) in [6.07, 6.45) is -2.65. The molecule has 2 aromatic carbocycles. The van der Waals surface area contributed by atoms with E-state index < -0.39 is 11.9 Å². The molecule has 3 aromatic rings. The number of hydrogen-bond acceptors (Lipinski definition) is 3. The number of anilines is 1. The van der Waals surface area contributed by atoms with Gasteiger partial charge in [0.1, 0.15) is 0 Å². The summed E-state index contributed by atoms with van der Waals surface area (Å²) in [5.41, 5.74) is 0.385. The molecule has 0 radical (unpaired) electrons. The van der Waals surface area contributed by atoms with Gasteiger partial charge in [-0.15, -0.1) is 0 Å². The van der Waals surface area contributed by atoms with Gasteiger partial charge in [0.25, 0.3) is 5.91 Å². The molecule has 0 aliphatic heterocycles. The van der Waals surface area contributed by atoms with Gasteiger partial charge in [0.05, 0.1) is 5.69 Å². The Balaban J connectivity index is 1.45. The van der Waals surface area contributed by atoms with Crippen molar-refractivity contribution in [2.45, 2.75) is 19.0 Å². The van der Waals surface area contributed by atoms with Crippen LogP contribution in [0.5, 0.6) is 0 Å². The van der Waals surface area contributed by atoms with Crippen molar-refractivity contribution in [3.05, 3.63) is 77.1 Å². The molecule has 1 aromatic heterocycles. The molecule has 0 fully saturated rings. The predicted molar refractivity (Wildman–Crippen MR) is 110 cm³/mol. The monoisotopic (exact) mass is 450 g/mol. The highest BCUT2D eigenvalue weighted by molar-refractivity contribution is 6.30. The normalized spacial score (nSPS) is 11.2. The summed E-state index contributed by atoms with van der Waals surface area (Å²) < 4.78 is 39.0. The fourth-order valence-corrected chi connectivity index (χ4v) is 2.82. The number of nitrogens with zero attached hydrogens (tertiary/aromatic N) is 2. The molecule has 0 aliphatic carbocycles. The van der Waals surface area contributed by atoms with Crippen molar-refractivity contribution in [2.75, 3.05) is 11.9 Å². The van der Waals surface area contributed by atoms with Crippen molar-refractivity contribution in [2.24, 2.45) is 0 Å². The molecule has 1 heterocycles. The van der Waals surface area contributed by atoms with Crippen LogP contribution < -0.4 is 10.6 Å². The Labute approximate surface area is 181 Å². The number of carbonyl (C=O) groups excluding carboxylic acids is 2. The van der Waals surface area contributed by atoms with Crippen LogP contribution in [-0.2, 0) is 11.0 Å². The number of rotatable bonds is 7. The third-order valence-electron chi connectivity index (χ3n) is 4.27. The molecule has 0 saturated carbocycles. The molecule has 0 unspecified atom stereocenters. The Hall–Kier alpha value is -3.33. The van der Waals surface area contributed by atoms with E-state index in [1.807, 2.05) is 0 Å². The Morgan fingerprint density at radius 2 is 1.68 bits per heavy atom. The number of alkyl halides is 3. The highest BCUT2D eigenvalue weighted by Crippen LogP contribution is 2.27. The number of aromatic nitrogens is 2. The standard InChI is InChI=1S/C21H18ClF3N4O2/c22-15-5-7-16(8-6-15)27-19(30)2-1-12-26-20(31)14-3-9-17(10-4-14)29-13-11-18(28-29)21(23,24)25/h3-11,13H,1-2,12H2,(H,26,31)(H,27,30). The summed E-state index contributed by atoms with van der Waals surface area (Å²) in [6, 6.07) is 13.6. The zero-order chi connectivity index (χ0) is 22.4. The number of carbonyl (C=O) groups is 2. The molecule has 0 bridgehead atoms. The van der Waals surface area contributed by atoms with E-state index in [4.69, 9.17) is 11.6 Å². The van der Waals surface area contributed by atoms with E-state index >= 15 is 0 Å². The topological polar surface area (TPSA) is 76.0 Å². The van der Waals surface area contributed by atoms with Gasteiger partial charge < -0.3 is 10.6 Å². The lowest BCUT2D eigenvalue weighted by molar-refractivity contribution is -0.141. The summed E-state index contributed by atoms with van der Waals surface area (Å²) in [5, 5.41) is 9.49. The van der Waals surface area contributed by atoms with Gasteiger partial charge in [-0.3, -0.25) is 9.59 Å². The van der Waals surface area contributed by atoms with E-state index in [1.54, 1.807) is 24.3 Å².